The molecule has 0 amide bonds. The molecule has 0 aliphatic rings. The van der Waals surface area contributed by atoms with Crippen molar-refractivity contribution in [3.8, 4) is 11.5 Å². The molecule has 3 N–H and O–H groups in total. The summed E-state index contributed by atoms with van der Waals surface area (Å²) in [4.78, 5) is 3.12. The number of nitrogens with one attached hydrogen (secondary N) is 1. The zero-order valence-electron chi connectivity index (χ0n) is 13.2. The molecular formula is C20H17Cl2NO2. The predicted molar refractivity (Wildman–Crippen MR) is 105 cm³/mol. The average Bonchev–Trinajstić information content (AvgIpc) is 3.10. The van der Waals surface area contributed by atoms with Crippen LogP contribution >= 0.6 is 23.2 Å². The van der Waals surface area contributed by atoms with Crippen molar-refractivity contribution in [3.63, 3.8) is 0 Å². The molecular weight excluding hydrogens is 357 g/mol. The Balaban J connectivity index is 0.000000137. The molecule has 4 rings (SSSR count). The number of phenolic OH excluding ortho intramolecular Hbond substituents is 2. The molecule has 5 heteroatoms. The molecule has 3 aromatic carbocycles. The summed E-state index contributed by atoms with van der Waals surface area (Å²) in [5.41, 5.74) is 1.21. The highest BCUT2D eigenvalue weighted by Crippen LogP contribution is 2.30. The molecule has 0 saturated carbocycles. The van der Waals surface area contributed by atoms with Crippen LogP contribution in [0, 0.1) is 0 Å². The Morgan fingerprint density at radius 3 is 1.76 bits per heavy atom. The van der Waals surface area contributed by atoms with E-state index in [0.717, 1.165) is 0 Å². The highest BCUT2D eigenvalue weighted by atomic mass is 35.5. The first-order valence-electron chi connectivity index (χ1n) is 7.47. The predicted octanol–water partition coefficient (Wildman–Crippen LogP) is 6.26. The number of hydrogen-bond donors (Lipinski definition) is 3. The average molecular weight is 374 g/mol. The van der Waals surface area contributed by atoms with Crippen molar-refractivity contribution in [2.45, 2.75) is 0 Å². The monoisotopic (exact) mass is 373 g/mol. The van der Waals surface area contributed by atoms with Crippen molar-refractivity contribution in [3.05, 3.63) is 95.1 Å². The molecule has 1 heterocycles. The minimum absolute atomic E-state index is 0.0548. The third-order valence-electron chi connectivity index (χ3n) is 3.16. The Hall–Kier alpha value is -2.62. The third kappa shape index (κ3) is 6.07. The number of para-hydroxylation sites is 3. The molecule has 128 valence electrons. The summed E-state index contributed by atoms with van der Waals surface area (Å²) in [5.74, 6) is 0.267. The molecule has 4 aromatic rings. The van der Waals surface area contributed by atoms with Gasteiger partial charge in [-0.15, -0.1) is 0 Å². The van der Waals surface area contributed by atoms with Gasteiger partial charge in [-0.1, -0.05) is 65.7 Å². The van der Waals surface area contributed by atoms with Gasteiger partial charge < -0.3 is 15.2 Å². The normalized spacial score (nSPS) is 9.52. The van der Waals surface area contributed by atoms with E-state index < -0.39 is 0 Å². The van der Waals surface area contributed by atoms with E-state index in [-0.39, 0.29) is 15.8 Å². The van der Waals surface area contributed by atoms with Gasteiger partial charge >= 0.3 is 0 Å². The highest BCUT2D eigenvalue weighted by molar-refractivity contribution is 6.37. The lowest BCUT2D eigenvalue weighted by Crippen LogP contribution is -1.67. The lowest BCUT2D eigenvalue weighted by atomic mass is 10.3. The van der Waals surface area contributed by atoms with Crippen LogP contribution in [0.1, 0.15) is 0 Å². The van der Waals surface area contributed by atoms with Gasteiger partial charge in [0.2, 0.25) is 0 Å². The number of H-pyrrole nitrogens is 1. The van der Waals surface area contributed by atoms with Gasteiger partial charge in [0.15, 0.2) is 5.75 Å². The van der Waals surface area contributed by atoms with Crippen molar-refractivity contribution in [1.29, 1.82) is 0 Å². The van der Waals surface area contributed by atoms with E-state index in [1.165, 1.54) is 10.9 Å². The number of phenols is 2. The SMILES string of the molecule is Oc1c(Cl)cccc1Cl.Oc1ccccc1.c1ccc2[nH]ccc2c1. The Morgan fingerprint density at radius 1 is 0.640 bits per heavy atom. The maximum atomic E-state index is 8.94. The van der Waals surface area contributed by atoms with Crippen LogP contribution in [0.5, 0.6) is 11.5 Å². The van der Waals surface area contributed by atoms with E-state index in [0.29, 0.717) is 5.75 Å². The van der Waals surface area contributed by atoms with Crippen molar-refractivity contribution in [2.24, 2.45) is 0 Å². The molecule has 0 aliphatic heterocycles. The lowest BCUT2D eigenvalue weighted by molar-refractivity contribution is 0.475. The van der Waals surface area contributed by atoms with Gasteiger partial charge in [0.05, 0.1) is 10.0 Å². The minimum Gasteiger partial charge on any atom is -0.508 e. The summed E-state index contributed by atoms with van der Waals surface area (Å²) in [7, 11) is 0. The second-order valence-electron chi connectivity index (χ2n) is 4.97. The number of halogens is 2. The summed E-state index contributed by atoms with van der Waals surface area (Å²) < 4.78 is 0. The smallest absolute Gasteiger partial charge is 0.152 e. The van der Waals surface area contributed by atoms with Gasteiger partial charge in [-0.2, -0.15) is 0 Å². The molecule has 0 saturated heterocycles. The number of aromatic hydroxyl groups is 2. The minimum atomic E-state index is -0.0548. The van der Waals surface area contributed by atoms with Crippen LogP contribution in [0.3, 0.4) is 0 Å². The molecule has 0 bridgehead atoms. The number of aromatic nitrogens is 1. The molecule has 0 atom stereocenters. The molecule has 0 radical (unpaired) electrons. The summed E-state index contributed by atoms with van der Waals surface area (Å²) in [6, 6.07) is 23.8. The van der Waals surface area contributed by atoms with E-state index in [4.69, 9.17) is 33.4 Å². The lowest BCUT2D eigenvalue weighted by Gasteiger charge is -1.95. The van der Waals surface area contributed by atoms with E-state index >= 15 is 0 Å². The Kier molecular flexibility index (Phi) is 7.20. The first-order chi connectivity index (χ1) is 12.1. The molecule has 25 heavy (non-hydrogen) atoms. The van der Waals surface area contributed by atoms with Crippen LogP contribution in [0.2, 0.25) is 10.0 Å². The van der Waals surface area contributed by atoms with Crippen LogP contribution in [0.25, 0.3) is 10.9 Å². The molecule has 0 spiro atoms. The maximum absolute atomic E-state index is 8.94. The van der Waals surface area contributed by atoms with Crippen LogP contribution in [0.15, 0.2) is 85.1 Å². The van der Waals surface area contributed by atoms with Gasteiger partial charge in [-0.25, -0.2) is 0 Å². The molecule has 3 nitrogen and oxygen atoms in total. The third-order valence-corrected chi connectivity index (χ3v) is 3.77. The van der Waals surface area contributed by atoms with Crippen LogP contribution in [-0.2, 0) is 0 Å². The first-order valence-corrected chi connectivity index (χ1v) is 8.22. The maximum Gasteiger partial charge on any atom is 0.152 e. The second-order valence-corrected chi connectivity index (χ2v) is 5.79. The van der Waals surface area contributed by atoms with Gasteiger partial charge in [0.25, 0.3) is 0 Å². The second kappa shape index (κ2) is 9.62. The molecule has 0 unspecified atom stereocenters. The fraction of sp³-hybridized carbons (Fsp3) is 0. The number of hydrogen-bond acceptors (Lipinski definition) is 2. The van der Waals surface area contributed by atoms with Crippen molar-refractivity contribution in [2.75, 3.05) is 0 Å². The van der Waals surface area contributed by atoms with E-state index in [1.807, 2.05) is 24.4 Å². The van der Waals surface area contributed by atoms with Crippen LogP contribution in [-0.4, -0.2) is 15.2 Å². The Labute approximate surface area is 156 Å². The van der Waals surface area contributed by atoms with Crippen molar-refractivity contribution in [1.82, 2.24) is 4.98 Å². The number of fused-ring (bicyclic) bond motifs is 1. The van der Waals surface area contributed by atoms with Gasteiger partial charge in [-0.3, -0.25) is 0 Å². The van der Waals surface area contributed by atoms with Gasteiger partial charge in [-0.05, 0) is 41.8 Å². The van der Waals surface area contributed by atoms with Crippen molar-refractivity contribution >= 4 is 34.1 Å². The van der Waals surface area contributed by atoms with E-state index in [9.17, 15) is 0 Å². The summed E-state index contributed by atoms with van der Waals surface area (Å²) in [6.07, 6.45) is 1.95. The quantitative estimate of drug-likeness (QED) is 0.340. The summed E-state index contributed by atoms with van der Waals surface area (Å²) in [6.45, 7) is 0. The molecule has 1 aromatic heterocycles. The summed E-state index contributed by atoms with van der Waals surface area (Å²) in [5, 5.41) is 19.4. The Morgan fingerprint density at radius 2 is 1.24 bits per heavy atom. The van der Waals surface area contributed by atoms with E-state index in [1.54, 1.807) is 42.5 Å². The number of benzene rings is 3. The zero-order chi connectivity index (χ0) is 18.1. The fourth-order valence-corrected chi connectivity index (χ4v) is 2.31. The number of rotatable bonds is 0. The first kappa shape index (κ1) is 18.7. The largest absolute Gasteiger partial charge is 0.508 e. The van der Waals surface area contributed by atoms with Gasteiger partial charge in [0.1, 0.15) is 5.75 Å². The zero-order valence-corrected chi connectivity index (χ0v) is 14.7. The molecule has 0 aliphatic carbocycles. The van der Waals surface area contributed by atoms with Crippen LogP contribution in [0.4, 0.5) is 0 Å². The molecule has 0 fully saturated rings. The standard InChI is InChI=1S/C8H7N.C6H4Cl2O.C6H6O/c1-2-4-8-7(3-1)5-6-9-8;7-4-2-1-3-5(8)6(4)9;7-6-4-2-1-3-5-6/h1-6,9H;1-3,9H;1-5,7H. The van der Waals surface area contributed by atoms with Gasteiger partial charge in [0, 0.05) is 11.7 Å². The van der Waals surface area contributed by atoms with E-state index in [2.05, 4.69) is 23.2 Å². The summed E-state index contributed by atoms with van der Waals surface area (Å²) >= 11 is 11.0. The highest BCUT2D eigenvalue weighted by Gasteiger charge is 1.99. The Bertz CT molecular complexity index is 857. The topological polar surface area (TPSA) is 56.2 Å². The van der Waals surface area contributed by atoms with Crippen molar-refractivity contribution < 1.29 is 10.2 Å². The van der Waals surface area contributed by atoms with Crippen LogP contribution < -0.4 is 0 Å². The number of aromatic amines is 1. The fourth-order valence-electron chi connectivity index (χ4n) is 1.91.